The second-order valence-corrected chi connectivity index (χ2v) is 6.02. The van der Waals surface area contributed by atoms with E-state index in [4.69, 9.17) is 9.29 Å². The Balaban J connectivity index is 1.84. The van der Waals surface area contributed by atoms with Gasteiger partial charge < -0.3 is 14.0 Å². The molecule has 8 heteroatoms. The fourth-order valence-corrected chi connectivity index (χ4v) is 2.71. The lowest BCUT2D eigenvalue weighted by Gasteiger charge is -2.25. The van der Waals surface area contributed by atoms with Gasteiger partial charge in [0.25, 0.3) is 0 Å². The predicted octanol–water partition coefficient (Wildman–Crippen LogP) is 2.28. The van der Waals surface area contributed by atoms with Crippen LogP contribution in [0.1, 0.15) is 28.4 Å². The molecule has 3 rings (SSSR count). The summed E-state index contributed by atoms with van der Waals surface area (Å²) in [5, 5.41) is 9.49. The molecule has 2 aromatic rings. The second kappa shape index (κ2) is 5.56. The molecule has 0 fully saturated rings. The summed E-state index contributed by atoms with van der Waals surface area (Å²) in [6, 6.07) is 10.0. The summed E-state index contributed by atoms with van der Waals surface area (Å²) in [5.41, 5.74) is 1.04. The van der Waals surface area contributed by atoms with E-state index in [9.17, 15) is 18.3 Å². The van der Waals surface area contributed by atoms with Gasteiger partial charge in [-0.25, -0.2) is 0 Å². The summed E-state index contributed by atoms with van der Waals surface area (Å²) in [4.78, 5) is 12.1. The monoisotopic (exact) mass is 336 g/mol. The normalized spacial score (nSPS) is 17.3. The van der Waals surface area contributed by atoms with Crippen LogP contribution in [0.25, 0.3) is 0 Å². The number of ketones is 1. The van der Waals surface area contributed by atoms with Crippen LogP contribution in [0.2, 0.25) is 0 Å². The summed E-state index contributed by atoms with van der Waals surface area (Å²) in [6.45, 7) is 0. The lowest BCUT2D eigenvalue weighted by molar-refractivity contribution is 0.0849. The van der Waals surface area contributed by atoms with Crippen molar-refractivity contribution < 1.29 is 31.8 Å². The highest BCUT2D eigenvalue weighted by Gasteiger charge is 2.28. The van der Waals surface area contributed by atoms with Gasteiger partial charge in [-0.15, -0.1) is 0 Å². The lowest BCUT2D eigenvalue weighted by atomic mass is 9.96. The quantitative estimate of drug-likeness (QED) is 0.827. The van der Waals surface area contributed by atoms with Crippen LogP contribution < -0.4 is 8.92 Å². The van der Waals surface area contributed by atoms with Crippen LogP contribution in [-0.2, 0) is 10.4 Å². The molecule has 0 spiro atoms. The number of Topliss-reactive ketones (excluding diaryl/α,β-unsaturated/α-hetero) is 1. The number of rotatable bonds is 3. The maximum absolute atomic E-state index is 12.1. The highest BCUT2D eigenvalue weighted by Crippen LogP contribution is 2.37. The van der Waals surface area contributed by atoms with Crippen molar-refractivity contribution in [2.45, 2.75) is 12.5 Å². The van der Waals surface area contributed by atoms with Gasteiger partial charge in [-0.2, -0.15) is 8.42 Å². The molecule has 1 unspecified atom stereocenters. The first kappa shape index (κ1) is 15.3. The van der Waals surface area contributed by atoms with E-state index in [1.54, 1.807) is 0 Å². The van der Waals surface area contributed by atoms with Crippen molar-refractivity contribution in [3.8, 4) is 17.2 Å². The molecule has 0 saturated carbocycles. The van der Waals surface area contributed by atoms with Crippen molar-refractivity contribution in [1.29, 1.82) is 0 Å². The van der Waals surface area contributed by atoms with Gasteiger partial charge in [0.1, 0.15) is 23.4 Å². The van der Waals surface area contributed by atoms with E-state index in [1.165, 1.54) is 42.5 Å². The van der Waals surface area contributed by atoms with Crippen LogP contribution in [-0.4, -0.2) is 23.9 Å². The molecule has 2 N–H and O–H groups in total. The van der Waals surface area contributed by atoms with Crippen LogP contribution in [0.4, 0.5) is 0 Å². The van der Waals surface area contributed by atoms with Crippen molar-refractivity contribution in [1.82, 2.24) is 0 Å². The van der Waals surface area contributed by atoms with Crippen molar-refractivity contribution >= 4 is 16.2 Å². The van der Waals surface area contributed by atoms with E-state index >= 15 is 0 Å². The molecule has 0 bridgehead atoms. The Hall–Kier alpha value is -2.58. The molecular formula is C15H12O7S. The number of hydrogen-bond acceptors (Lipinski definition) is 6. The minimum absolute atomic E-state index is 0.00546. The summed E-state index contributed by atoms with van der Waals surface area (Å²) in [6.07, 6.45) is -0.437. The summed E-state index contributed by atoms with van der Waals surface area (Å²) < 4.78 is 39.9. The summed E-state index contributed by atoms with van der Waals surface area (Å²) >= 11 is 0. The number of fused-ring (bicyclic) bond motifs is 1. The third kappa shape index (κ3) is 3.43. The molecule has 0 radical (unpaired) electrons. The first-order valence-corrected chi connectivity index (χ1v) is 7.98. The molecule has 0 aromatic heterocycles. The molecule has 0 aliphatic carbocycles. The lowest BCUT2D eigenvalue weighted by Crippen LogP contribution is -2.20. The third-order valence-corrected chi connectivity index (χ3v) is 3.76. The zero-order chi connectivity index (χ0) is 16.6. The van der Waals surface area contributed by atoms with Crippen molar-refractivity contribution in [2.75, 3.05) is 0 Å². The Morgan fingerprint density at radius 3 is 2.48 bits per heavy atom. The van der Waals surface area contributed by atoms with E-state index in [0.717, 1.165) is 0 Å². The maximum atomic E-state index is 12.1. The van der Waals surface area contributed by atoms with E-state index in [0.29, 0.717) is 16.9 Å². The second-order valence-electron chi connectivity index (χ2n) is 4.99. The van der Waals surface area contributed by atoms with Crippen LogP contribution in [0.3, 0.4) is 0 Å². The van der Waals surface area contributed by atoms with E-state index in [-0.39, 0.29) is 23.7 Å². The maximum Gasteiger partial charge on any atom is 0.446 e. The zero-order valence-electron chi connectivity index (χ0n) is 11.7. The van der Waals surface area contributed by atoms with Gasteiger partial charge in [0.15, 0.2) is 5.78 Å². The number of hydrogen-bond donors (Lipinski definition) is 2. The Morgan fingerprint density at radius 2 is 1.83 bits per heavy atom. The average molecular weight is 336 g/mol. The van der Waals surface area contributed by atoms with Gasteiger partial charge in [-0.1, -0.05) is 12.1 Å². The molecule has 1 atom stereocenters. The third-order valence-electron chi connectivity index (χ3n) is 3.36. The van der Waals surface area contributed by atoms with Gasteiger partial charge in [-0.3, -0.25) is 9.35 Å². The molecule has 0 saturated heterocycles. The number of ether oxygens (including phenoxy) is 1. The Kier molecular flexibility index (Phi) is 3.70. The summed E-state index contributed by atoms with van der Waals surface area (Å²) in [7, 11) is -4.58. The fourth-order valence-electron chi connectivity index (χ4n) is 2.36. The number of benzene rings is 2. The number of phenolic OH excluding ortho intramolecular Hbond substituents is 1. The van der Waals surface area contributed by atoms with Crippen molar-refractivity contribution in [3.63, 3.8) is 0 Å². The van der Waals surface area contributed by atoms with Crippen LogP contribution >= 0.6 is 0 Å². The minimum Gasteiger partial charge on any atom is -0.508 e. The molecule has 0 amide bonds. The Labute approximate surface area is 132 Å². The van der Waals surface area contributed by atoms with E-state index in [1.807, 2.05) is 0 Å². The zero-order valence-corrected chi connectivity index (χ0v) is 12.5. The summed E-state index contributed by atoms with van der Waals surface area (Å²) in [5.74, 6) is 0.115. The van der Waals surface area contributed by atoms with Gasteiger partial charge in [0.2, 0.25) is 0 Å². The van der Waals surface area contributed by atoms with Gasteiger partial charge in [0.05, 0.1) is 12.0 Å². The topological polar surface area (TPSA) is 110 Å². The Bertz CT molecular complexity index is 856. The largest absolute Gasteiger partial charge is 0.508 e. The molecule has 1 heterocycles. The highest BCUT2D eigenvalue weighted by molar-refractivity contribution is 7.81. The minimum atomic E-state index is -4.58. The molecule has 7 nitrogen and oxygen atoms in total. The van der Waals surface area contributed by atoms with Gasteiger partial charge in [0, 0.05) is 6.07 Å². The predicted molar refractivity (Wildman–Crippen MR) is 79.0 cm³/mol. The van der Waals surface area contributed by atoms with Gasteiger partial charge in [-0.05, 0) is 29.8 Å². The van der Waals surface area contributed by atoms with E-state index in [2.05, 4.69) is 4.18 Å². The fraction of sp³-hybridized carbons (Fsp3) is 0.133. The average Bonchev–Trinajstić information content (AvgIpc) is 2.45. The Morgan fingerprint density at radius 1 is 1.13 bits per heavy atom. The first-order valence-electron chi connectivity index (χ1n) is 6.61. The van der Waals surface area contributed by atoms with Crippen molar-refractivity contribution in [3.05, 3.63) is 53.6 Å². The van der Waals surface area contributed by atoms with Gasteiger partial charge >= 0.3 is 10.4 Å². The molecule has 120 valence electrons. The number of phenols is 1. The van der Waals surface area contributed by atoms with Crippen LogP contribution in [0.15, 0.2) is 42.5 Å². The SMILES string of the molecule is O=C1CC(c2ccc(OS(=O)(=O)O)cc2)Oc2cc(O)ccc21. The molecule has 1 aliphatic heterocycles. The molecule has 2 aromatic carbocycles. The molecule has 1 aliphatic rings. The van der Waals surface area contributed by atoms with Crippen LogP contribution in [0.5, 0.6) is 17.2 Å². The smallest absolute Gasteiger partial charge is 0.446 e. The molecule has 23 heavy (non-hydrogen) atoms. The number of carbonyl (C=O) groups excluding carboxylic acids is 1. The number of aromatic hydroxyl groups is 1. The first-order chi connectivity index (χ1) is 10.8. The van der Waals surface area contributed by atoms with Crippen molar-refractivity contribution in [2.24, 2.45) is 0 Å². The van der Waals surface area contributed by atoms with Crippen LogP contribution in [0, 0.1) is 0 Å². The van der Waals surface area contributed by atoms with E-state index < -0.39 is 16.5 Å². The highest BCUT2D eigenvalue weighted by atomic mass is 32.3. The molecular weight excluding hydrogens is 324 g/mol. The standard InChI is InChI=1S/C15H12O7S/c16-10-3-6-12-13(17)8-14(21-15(12)7-10)9-1-4-11(5-2-9)22-23(18,19)20/h1-7,14,16H,8H2,(H,18,19,20). The number of carbonyl (C=O) groups is 1.